The van der Waals surface area contributed by atoms with E-state index < -0.39 is 34.9 Å². The van der Waals surface area contributed by atoms with E-state index in [2.05, 4.69) is 10.3 Å². The van der Waals surface area contributed by atoms with Crippen molar-refractivity contribution in [3.05, 3.63) is 29.6 Å². The van der Waals surface area contributed by atoms with Crippen LogP contribution in [0.5, 0.6) is 0 Å². The Labute approximate surface area is 108 Å². The average molecular weight is 272 g/mol. The van der Waals surface area contributed by atoms with Crippen molar-refractivity contribution < 1.29 is 23.4 Å². The van der Waals surface area contributed by atoms with Crippen molar-refractivity contribution in [2.24, 2.45) is 0 Å². The number of aliphatic hydroxyl groups is 1. The lowest BCUT2D eigenvalue weighted by Gasteiger charge is -2.26. The number of nitrogens with zero attached hydrogens (tertiary/aromatic N) is 1. The number of amides is 1. The summed E-state index contributed by atoms with van der Waals surface area (Å²) in [5.74, 6) is -3.43. The lowest BCUT2D eigenvalue weighted by Crippen LogP contribution is -2.47. The minimum absolute atomic E-state index is 0.0869. The minimum atomic E-state index is -1.33. The van der Waals surface area contributed by atoms with E-state index in [1.807, 2.05) is 0 Å². The largest absolute Gasteiger partial charge is 0.385 e. The standard InChI is InChI=1S/C12H14F2N2O3/c1-7-12(18,3-5-19-7)6-16-11(17)8-2-4-15-10(14)9(8)13/h2,4,7,18H,3,5-6H2,1H3,(H,16,17). The first kappa shape index (κ1) is 13.8. The molecule has 2 atom stereocenters. The molecule has 7 heteroatoms. The molecule has 0 radical (unpaired) electrons. The van der Waals surface area contributed by atoms with E-state index in [0.29, 0.717) is 13.0 Å². The quantitative estimate of drug-likeness (QED) is 0.792. The summed E-state index contributed by atoms with van der Waals surface area (Å²) in [5.41, 5.74) is -1.62. The Morgan fingerprint density at radius 3 is 3.05 bits per heavy atom. The monoisotopic (exact) mass is 272 g/mol. The number of rotatable bonds is 3. The second kappa shape index (κ2) is 5.18. The van der Waals surface area contributed by atoms with Gasteiger partial charge in [-0.3, -0.25) is 4.79 Å². The molecule has 0 aromatic carbocycles. The molecule has 0 aliphatic carbocycles. The van der Waals surface area contributed by atoms with E-state index in [1.54, 1.807) is 6.92 Å². The fourth-order valence-electron chi connectivity index (χ4n) is 1.93. The zero-order valence-electron chi connectivity index (χ0n) is 10.3. The molecule has 0 saturated carbocycles. The van der Waals surface area contributed by atoms with Crippen molar-refractivity contribution in [3.63, 3.8) is 0 Å². The summed E-state index contributed by atoms with van der Waals surface area (Å²) >= 11 is 0. The van der Waals surface area contributed by atoms with Crippen LogP contribution in [0.1, 0.15) is 23.7 Å². The topological polar surface area (TPSA) is 71.5 Å². The van der Waals surface area contributed by atoms with Crippen molar-refractivity contribution >= 4 is 5.91 Å². The molecule has 1 aliphatic rings. The Hall–Kier alpha value is -1.60. The molecule has 0 spiro atoms. The van der Waals surface area contributed by atoms with Crippen molar-refractivity contribution in [1.82, 2.24) is 10.3 Å². The maximum atomic E-state index is 13.3. The second-order valence-electron chi connectivity index (χ2n) is 4.51. The molecule has 1 aliphatic heterocycles. The van der Waals surface area contributed by atoms with E-state index in [9.17, 15) is 18.7 Å². The summed E-state index contributed by atoms with van der Waals surface area (Å²) in [6, 6.07) is 1.08. The fraction of sp³-hybridized carbons (Fsp3) is 0.500. The molecular weight excluding hydrogens is 258 g/mol. The number of nitrogens with one attached hydrogen (secondary N) is 1. The number of halogens is 2. The number of hydrogen-bond acceptors (Lipinski definition) is 4. The summed E-state index contributed by atoms with van der Waals surface area (Å²) in [6.07, 6.45) is 0.956. The van der Waals surface area contributed by atoms with Gasteiger partial charge in [0.2, 0.25) is 5.95 Å². The smallest absolute Gasteiger partial charge is 0.254 e. The third kappa shape index (κ3) is 2.71. The van der Waals surface area contributed by atoms with Crippen LogP contribution in [-0.2, 0) is 4.74 Å². The van der Waals surface area contributed by atoms with Gasteiger partial charge in [0.05, 0.1) is 11.7 Å². The highest BCUT2D eigenvalue weighted by molar-refractivity contribution is 5.94. The minimum Gasteiger partial charge on any atom is -0.385 e. The van der Waals surface area contributed by atoms with E-state index >= 15 is 0 Å². The Morgan fingerprint density at radius 2 is 2.42 bits per heavy atom. The predicted octanol–water partition coefficient (Wildman–Crippen LogP) is 0.629. The summed E-state index contributed by atoms with van der Waals surface area (Å²) in [6.45, 7) is 1.99. The number of ether oxygens (including phenoxy) is 1. The third-order valence-electron chi connectivity index (χ3n) is 3.31. The molecule has 1 amide bonds. The number of carbonyl (C=O) groups excluding carboxylic acids is 1. The number of aromatic nitrogens is 1. The van der Waals surface area contributed by atoms with Crippen LogP contribution in [0.2, 0.25) is 0 Å². The lowest BCUT2D eigenvalue weighted by atomic mass is 9.96. The molecule has 1 aromatic rings. The second-order valence-corrected chi connectivity index (χ2v) is 4.51. The van der Waals surface area contributed by atoms with Gasteiger partial charge < -0.3 is 15.2 Å². The summed E-state index contributed by atoms with van der Waals surface area (Å²) < 4.78 is 31.4. The van der Waals surface area contributed by atoms with Gasteiger partial charge in [-0.05, 0) is 13.0 Å². The van der Waals surface area contributed by atoms with E-state index in [-0.39, 0.29) is 6.54 Å². The Bertz CT molecular complexity index is 498. The lowest BCUT2D eigenvalue weighted by molar-refractivity contribution is -0.0252. The number of carbonyl (C=O) groups is 1. The van der Waals surface area contributed by atoms with E-state index in [0.717, 1.165) is 12.3 Å². The molecule has 19 heavy (non-hydrogen) atoms. The molecule has 1 saturated heterocycles. The fourth-order valence-corrected chi connectivity index (χ4v) is 1.93. The van der Waals surface area contributed by atoms with Crippen molar-refractivity contribution in [1.29, 1.82) is 0 Å². The summed E-state index contributed by atoms with van der Waals surface area (Å²) in [4.78, 5) is 14.8. The Morgan fingerprint density at radius 1 is 1.68 bits per heavy atom. The van der Waals surface area contributed by atoms with Crippen molar-refractivity contribution in [2.45, 2.75) is 25.0 Å². The van der Waals surface area contributed by atoms with E-state index in [1.165, 1.54) is 0 Å². The van der Waals surface area contributed by atoms with Gasteiger partial charge in [0, 0.05) is 25.8 Å². The van der Waals surface area contributed by atoms with Gasteiger partial charge in [0.1, 0.15) is 5.60 Å². The molecular formula is C12H14F2N2O3. The summed E-state index contributed by atoms with van der Waals surface area (Å²) in [7, 11) is 0. The number of hydrogen-bond donors (Lipinski definition) is 2. The predicted molar refractivity (Wildman–Crippen MR) is 61.5 cm³/mol. The highest BCUT2D eigenvalue weighted by Gasteiger charge is 2.39. The molecule has 1 aromatic heterocycles. The average Bonchev–Trinajstić information content (AvgIpc) is 2.71. The highest BCUT2D eigenvalue weighted by atomic mass is 19.2. The van der Waals surface area contributed by atoms with Crippen molar-refractivity contribution in [2.75, 3.05) is 13.2 Å². The summed E-state index contributed by atoms with van der Waals surface area (Å²) in [5, 5.41) is 12.5. The molecule has 2 N–H and O–H groups in total. The van der Waals surface area contributed by atoms with Gasteiger partial charge in [-0.25, -0.2) is 9.37 Å². The van der Waals surface area contributed by atoms with Crippen LogP contribution in [0.3, 0.4) is 0 Å². The molecule has 2 heterocycles. The van der Waals surface area contributed by atoms with Crippen LogP contribution in [0.15, 0.2) is 12.3 Å². The highest BCUT2D eigenvalue weighted by Crippen LogP contribution is 2.24. The molecule has 2 unspecified atom stereocenters. The Balaban J connectivity index is 2.04. The normalized spacial score (nSPS) is 26.4. The van der Waals surface area contributed by atoms with Gasteiger partial charge >= 0.3 is 0 Å². The van der Waals surface area contributed by atoms with Gasteiger partial charge in [-0.2, -0.15) is 4.39 Å². The first-order valence-electron chi connectivity index (χ1n) is 5.86. The third-order valence-corrected chi connectivity index (χ3v) is 3.31. The molecule has 2 rings (SSSR count). The maximum Gasteiger partial charge on any atom is 0.254 e. The zero-order valence-corrected chi connectivity index (χ0v) is 10.3. The van der Waals surface area contributed by atoms with Crippen molar-refractivity contribution in [3.8, 4) is 0 Å². The first-order valence-corrected chi connectivity index (χ1v) is 5.86. The molecule has 104 valence electrons. The molecule has 1 fully saturated rings. The van der Waals surface area contributed by atoms with Gasteiger partial charge in [0.25, 0.3) is 5.91 Å². The van der Waals surface area contributed by atoms with Crippen LogP contribution in [0, 0.1) is 11.8 Å². The van der Waals surface area contributed by atoms with E-state index in [4.69, 9.17) is 4.74 Å². The van der Waals surface area contributed by atoms with Gasteiger partial charge in [-0.15, -0.1) is 0 Å². The molecule has 5 nitrogen and oxygen atoms in total. The van der Waals surface area contributed by atoms with Crippen LogP contribution < -0.4 is 5.32 Å². The van der Waals surface area contributed by atoms with Crippen LogP contribution >= 0.6 is 0 Å². The zero-order chi connectivity index (χ0) is 14.0. The Kier molecular flexibility index (Phi) is 3.77. The van der Waals surface area contributed by atoms with Crippen LogP contribution in [-0.4, -0.2) is 40.9 Å². The first-order chi connectivity index (χ1) is 8.94. The van der Waals surface area contributed by atoms with Crippen LogP contribution in [0.25, 0.3) is 0 Å². The number of pyridine rings is 1. The van der Waals surface area contributed by atoms with Crippen LogP contribution in [0.4, 0.5) is 8.78 Å². The molecule has 0 bridgehead atoms. The van der Waals surface area contributed by atoms with Gasteiger partial charge in [0.15, 0.2) is 5.82 Å². The van der Waals surface area contributed by atoms with Gasteiger partial charge in [-0.1, -0.05) is 0 Å². The maximum absolute atomic E-state index is 13.3. The SMILES string of the molecule is CC1OCCC1(O)CNC(=O)c1ccnc(F)c1F.